The molecule has 1 unspecified atom stereocenters. The van der Waals surface area contributed by atoms with Crippen LogP contribution < -0.4 is 0 Å². The van der Waals surface area contributed by atoms with Gasteiger partial charge in [0.05, 0.1) is 0 Å². The zero-order chi connectivity index (χ0) is 11.3. The van der Waals surface area contributed by atoms with E-state index in [4.69, 9.17) is 4.99 Å². The van der Waals surface area contributed by atoms with Crippen molar-refractivity contribution in [2.75, 3.05) is 0 Å². The number of nitrogens with zero attached hydrogens (tertiary/aromatic N) is 1. The van der Waals surface area contributed by atoms with Crippen molar-refractivity contribution in [1.29, 1.82) is 0 Å². The predicted octanol–water partition coefficient (Wildman–Crippen LogP) is 3.31. The molecule has 0 saturated carbocycles. The molecule has 1 aliphatic heterocycles. The summed E-state index contributed by atoms with van der Waals surface area (Å²) in [6.45, 7) is 0. The Hall–Kier alpha value is -1.89. The Morgan fingerprint density at radius 1 is 0.882 bits per heavy atom. The highest BCUT2D eigenvalue weighted by Gasteiger charge is 2.42. The topological polar surface area (TPSA) is 12.4 Å². The number of fused-ring (bicyclic) bond motifs is 4. The van der Waals surface area contributed by atoms with Gasteiger partial charge in [-0.1, -0.05) is 48.5 Å². The standard InChI is InChI=1S/C16H13N/c1-3-7-14-12(5-1)9-10-16(14)15-8-4-2-6-13(15)11-17-16/h1-8,11H,9-10H2. The van der Waals surface area contributed by atoms with E-state index in [0.717, 1.165) is 12.8 Å². The van der Waals surface area contributed by atoms with Gasteiger partial charge < -0.3 is 0 Å². The molecule has 1 nitrogen and oxygen atoms in total. The molecule has 0 aromatic heterocycles. The molecule has 0 N–H and O–H groups in total. The molecular weight excluding hydrogens is 206 g/mol. The van der Waals surface area contributed by atoms with Crippen LogP contribution in [0.25, 0.3) is 0 Å². The van der Waals surface area contributed by atoms with E-state index in [9.17, 15) is 0 Å². The highest BCUT2D eigenvalue weighted by molar-refractivity contribution is 5.87. The summed E-state index contributed by atoms with van der Waals surface area (Å²) >= 11 is 0. The number of aliphatic imine (C=N–C) groups is 1. The monoisotopic (exact) mass is 219 g/mol. The largest absolute Gasteiger partial charge is 0.276 e. The highest BCUT2D eigenvalue weighted by atomic mass is 14.9. The molecule has 1 aliphatic carbocycles. The van der Waals surface area contributed by atoms with Gasteiger partial charge >= 0.3 is 0 Å². The number of aryl methyl sites for hydroxylation is 1. The summed E-state index contributed by atoms with van der Waals surface area (Å²) in [4.78, 5) is 4.85. The molecule has 2 aromatic rings. The van der Waals surface area contributed by atoms with Crippen LogP contribution in [-0.2, 0) is 12.0 Å². The summed E-state index contributed by atoms with van der Waals surface area (Å²) in [5.41, 5.74) is 5.45. The van der Waals surface area contributed by atoms with Crippen molar-refractivity contribution >= 4 is 6.21 Å². The molecular formula is C16H13N. The third-order valence-electron chi connectivity index (χ3n) is 4.05. The Bertz CT molecular complexity index is 627. The van der Waals surface area contributed by atoms with Gasteiger partial charge in [0.15, 0.2) is 0 Å². The summed E-state index contributed by atoms with van der Waals surface area (Å²) in [7, 11) is 0. The first kappa shape index (κ1) is 9.17. The molecule has 1 spiro atoms. The average Bonchev–Trinajstić information content (AvgIpc) is 2.95. The normalized spacial score (nSPS) is 24.0. The Balaban J connectivity index is 2.01. The first-order valence-electron chi connectivity index (χ1n) is 6.13. The van der Waals surface area contributed by atoms with E-state index in [1.54, 1.807) is 0 Å². The maximum atomic E-state index is 4.85. The summed E-state index contributed by atoms with van der Waals surface area (Å²) in [6.07, 6.45) is 4.29. The molecule has 1 heteroatoms. The van der Waals surface area contributed by atoms with E-state index in [2.05, 4.69) is 48.5 Å². The van der Waals surface area contributed by atoms with Crippen molar-refractivity contribution in [3.05, 3.63) is 70.8 Å². The summed E-state index contributed by atoms with van der Waals surface area (Å²) in [5.74, 6) is 0. The van der Waals surface area contributed by atoms with Gasteiger partial charge in [-0.3, -0.25) is 4.99 Å². The van der Waals surface area contributed by atoms with Crippen molar-refractivity contribution in [3.63, 3.8) is 0 Å². The maximum Gasteiger partial charge on any atom is 0.112 e. The number of hydrogen-bond acceptors (Lipinski definition) is 1. The smallest absolute Gasteiger partial charge is 0.112 e. The molecule has 17 heavy (non-hydrogen) atoms. The van der Waals surface area contributed by atoms with Crippen molar-refractivity contribution in [2.45, 2.75) is 18.4 Å². The van der Waals surface area contributed by atoms with Crippen LogP contribution in [-0.4, -0.2) is 6.21 Å². The third kappa shape index (κ3) is 1.06. The Morgan fingerprint density at radius 3 is 2.59 bits per heavy atom. The minimum Gasteiger partial charge on any atom is -0.276 e. The van der Waals surface area contributed by atoms with Gasteiger partial charge in [-0.25, -0.2) is 0 Å². The van der Waals surface area contributed by atoms with Crippen LogP contribution in [0.3, 0.4) is 0 Å². The average molecular weight is 219 g/mol. The molecule has 82 valence electrons. The van der Waals surface area contributed by atoms with Crippen LogP contribution in [0.15, 0.2) is 53.5 Å². The summed E-state index contributed by atoms with van der Waals surface area (Å²) in [5, 5.41) is 0. The minimum atomic E-state index is -0.0762. The van der Waals surface area contributed by atoms with Gasteiger partial charge in [0, 0.05) is 6.21 Å². The predicted molar refractivity (Wildman–Crippen MR) is 69.6 cm³/mol. The molecule has 2 aliphatic rings. The van der Waals surface area contributed by atoms with E-state index >= 15 is 0 Å². The third-order valence-corrected chi connectivity index (χ3v) is 4.05. The quantitative estimate of drug-likeness (QED) is 0.644. The van der Waals surface area contributed by atoms with Crippen LogP contribution >= 0.6 is 0 Å². The number of benzene rings is 2. The summed E-state index contributed by atoms with van der Waals surface area (Å²) < 4.78 is 0. The van der Waals surface area contributed by atoms with Crippen molar-refractivity contribution in [3.8, 4) is 0 Å². The Kier molecular flexibility index (Phi) is 1.66. The van der Waals surface area contributed by atoms with Gasteiger partial charge in [-0.2, -0.15) is 0 Å². The van der Waals surface area contributed by atoms with Gasteiger partial charge in [-0.15, -0.1) is 0 Å². The van der Waals surface area contributed by atoms with Gasteiger partial charge in [-0.05, 0) is 35.1 Å². The molecule has 1 atom stereocenters. The van der Waals surface area contributed by atoms with Gasteiger partial charge in [0.2, 0.25) is 0 Å². The second-order valence-electron chi connectivity index (χ2n) is 4.86. The van der Waals surface area contributed by atoms with Gasteiger partial charge in [0.25, 0.3) is 0 Å². The lowest BCUT2D eigenvalue weighted by Gasteiger charge is -2.23. The van der Waals surface area contributed by atoms with Crippen LogP contribution in [0, 0.1) is 0 Å². The second kappa shape index (κ2) is 3.07. The lowest BCUT2D eigenvalue weighted by atomic mass is 9.85. The van der Waals surface area contributed by atoms with Crippen LogP contribution in [0.2, 0.25) is 0 Å². The first-order chi connectivity index (χ1) is 8.40. The molecule has 0 amide bonds. The molecule has 1 heterocycles. The minimum absolute atomic E-state index is 0.0762. The lowest BCUT2D eigenvalue weighted by molar-refractivity contribution is 0.551. The zero-order valence-corrected chi connectivity index (χ0v) is 9.56. The fraction of sp³-hybridized carbons (Fsp3) is 0.188. The van der Waals surface area contributed by atoms with E-state index in [-0.39, 0.29) is 5.54 Å². The molecule has 0 bridgehead atoms. The van der Waals surface area contributed by atoms with Crippen LogP contribution in [0.1, 0.15) is 28.7 Å². The zero-order valence-electron chi connectivity index (χ0n) is 9.56. The SMILES string of the molecule is C1=NC2(CCc3ccccc32)c2ccccc21. The Morgan fingerprint density at radius 2 is 1.65 bits per heavy atom. The highest BCUT2D eigenvalue weighted by Crippen LogP contribution is 2.48. The fourth-order valence-corrected chi connectivity index (χ4v) is 3.24. The first-order valence-corrected chi connectivity index (χ1v) is 6.13. The van der Waals surface area contributed by atoms with E-state index < -0.39 is 0 Å². The van der Waals surface area contributed by atoms with E-state index in [1.165, 1.54) is 22.3 Å². The second-order valence-corrected chi connectivity index (χ2v) is 4.86. The van der Waals surface area contributed by atoms with Crippen molar-refractivity contribution in [1.82, 2.24) is 0 Å². The number of hydrogen-bond donors (Lipinski definition) is 0. The molecule has 0 saturated heterocycles. The molecule has 4 rings (SSSR count). The van der Waals surface area contributed by atoms with Crippen LogP contribution in [0.5, 0.6) is 0 Å². The Labute approximate surface area is 101 Å². The maximum absolute atomic E-state index is 4.85. The van der Waals surface area contributed by atoms with Crippen LogP contribution in [0.4, 0.5) is 0 Å². The van der Waals surface area contributed by atoms with E-state index in [1.807, 2.05) is 6.21 Å². The molecule has 0 radical (unpaired) electrons. The lowest BCUT2D eigenvalue weighted by Crippen LogP contribution is -2.19. The summed E-state index contributed by atoms with van der Waals surface area (Å²) in [6, 6.07) is 17.3. The fourth-order valence-electron chi connectivity index (χ4n) is 3.24. The van der Waals surface area contributed by atoms with Gasteiger partial charge in [0.1, 0.15) is 5.54 Å². The van der Waals surface area contributed by atoms with E-state index in [0.29, 0.717) is 0 Å². The molecule has 0 fully saturated rings. The van der Waals surface area contributed by atoms with Crippen molar-refractivity contribution < 1.29 is 0 Å². The molecule has 2 aromatic carbocycles. The number of rotatable bonds is 0. The van der Waals surface area contributed by atoms with Crippen molar-refractivity contribution in [2.24, 2.45) is 4.99 Å².